The van der Waals surface area contributed by atoms with Gasteiger partial charge in [-0.15, -0.1) is 23.1 Å². The van der Waals surface area contributed by atoms with Crippen LogP contribution in [0.4, 0.5) is 0 Å². The molecule has 8 heteroatoms. The molecule has 158 valence electrons. The summed E-state index contributed by atoms with van der Waals surface area (Å²) >= 11 is 3.17. The molecular weight excluding hydrogens is 428 g/mol. The highest BCUT2D eigenvalue weighted by Crippen LogP contribution is 2.25. The first kappa shape index (κ1) is 21.3. The van der Waals surface area contributed by atoms with Gasteiger partial charge in [0.15, 0.2) is 5.82 Å². The number of carbonyl (C=O) groups is 1. The molecule has 0 aliphatic rings. The number of thioether (sulfide) groups is 1. The third-order valence-corrected chi connectivity index (χ3v) is 6.47. The highest BCUT2D eigenvalue weighted by atomic mass is 32.2. The van der Waals surface area contributed by atoms with Crippen LogP contribution in [0.3, 0.4) is 0 Å². The topological polar surface area (TPSA) is 80.9 Å². The normalized spacial score (nSPS) is 10.9. The van der Waals surface area contributed by atoms with E-state index in [4.69, 9.17) is 4.52 Å². The van der Waals surface area contributed by atoms with Gasteiger partial charge in [-0.3, -0.25) is 4.79 Å². The summed E-state index contributed by atoms with van der Waals surface area (Å²) in [5.41, 5.74) is 3.94. The molecule has 0 unspecified atom stereocenters. The van der Waals surface area contributed by atoms with Crippen molar-refractivity contribution in [3.8, 4) is 11.3 Å². The summed E-state index contributed by atoms with van der Waals surface area (Å²) in [5, 5.41) is 10.1. The molecular formula is C23H22N4O2S2. The average Bonchev–Trinajstić information content (AvgIpc) is 3.41. The van der Waals surface area contributed by atoms with Gasteiger partial charge in [0.2, 0.25) is 5.89 Å². The predicted molar refractivity (Wildman–Crippen MR) is 123 cm³/mol. The largest absolute Gasteiger partial charge is 0.352 e. The van der Waals surface area contributed by atoms with Crippen LogP contribution < -0.4 is 5.32 Å². The summed E-state index contributed by atoms with van der Waals surface area (Å²) in [6.07, 6.45) is 0.763. The fourth-order valence-corrected chi connectivity index (χ4v) is 4.59. The summed E-state index contributed by atoms with van der Waals surface area (Å²) in [7, 11) is 0. The molecule has 0 aliphatic heterocycles. The van der Waals surface area contributed by atoms with Gasteiger partial charge in [0.25, 0.3) is 5.91 Å². The second-order valence-electron chi connectivity index (χ2n) is 6.97. The summed E-state index contributed by atoms with van der Waals surface area (Å²) in [6.45, 7) is 4.33. The summed E-state index contributed by atoms with van der Waals surface area (Å²) in [5.74, 6) is 1.62. The number of hydrogen-bond acceptors (Lipinski definition) is 7. The Morgan fingerprint density at radius 3 is 2.61 bits per heavy atom. The molecule has 1 amide bonds. The fourth-order valence-electron chi connectivity index (χ4n) is 3.08. The van der Waals surface area contributed by atoms with Crippen molar-refractivity contribution in [3.05, 3.63) is 81.8 Å². The lowest BCUT2D eigenvalue weighted by Gasteiger charge is -2.09. The van der Waals surface area contributed by atoms with E-state index >= 15 is 0 Å². The first-order valence-corrected chi connectivity index (χ1v) is 11.8. The molecule has 0 radical (unpaired) electrons. The van der Waals surface area contributed by atoms with E-state index in [1.807, 2.05) is 31.2 Å². The Kier molecular flexibility index (Phi) is 6.79. The van der Waals surface area contributed by atoms with Gasteiger partial charge < -0.3 is 9.84 Å². The molecule has 6 nitrogen and oxygen atoms in total. The van der Waals surface area contributed by atoms with Crippen molar-refractivity contribution in [2.45, 2.75) is 30.9 Å². The molecule has 2 aromatic carbocycles. The lowest BCUT2D eigenvalue weighted by atomic mass is 10.1. The molecule has 0 spiro atoms. The van der Waals surface area contributed by atoms with E-state index in [-0.39, 0.29) is 5.91 Å². The van der Waals surface area contributed by atoms with Crippen LogP contribution in [-0.4, -0.2) is 27.6 Å². The molecule has 2 aromatic heterocycles. The molecule has 0 atom stereocenters. The van der Waals surface area contributed by atoms with Crippen LogP contribution >= 0.6 is 23.1 Å². The number of aromatic nitrogens is 3. The number of amides is 1. The smallest absolute Gasteiger partial charge is 0.252 e. The summed E-state index contributed by atoms with van der Waals surface area (Å²) in [6, 6.07) is 15.9. The van der Waals surface area contributed by atoms with E-state index in [0.717, 1.165) is 27.6 Å². The summed E-state index contributed by atoms with van der Waals surface area (Å²) in [4.78, 5) is 22.4. The van der Waals surface area contributed by atoms with Crippen molar-refractivity contribution in [2.24, 2.45) is 0 Å². The summed E-state index contributed by atoms with van der Waals surface area (Å²) < 4.78 is 5.00. The van der Waals surface area contributed by atoms with Crippen molar-refractivity contribution in [3.63, 3.8) is 0 Å². The van der Waals surface area contributed by atoms with Crippen molar-refractivity contribution in [1.29, 1.82) is 0 Å². The molecule has 4 aromatic rings. The van der Waals surface area contributed by atoms with Gasteiger partial charge >= 0.3 is 0 Å². The van der Waals surface area contributed by atoms with Crippen molar-refractivity contribution in [2.75, 3.05) is 6.54 Å². The first-order valence-electron chi connectivity index (χ1n) is 9.89. The number of thiazole rings is 1. The Morgan fingerprint density at radius 2 is 1.90 bits per heavy atom. The number of benzene rings is 2. The van der Waals surface area contributed by atoms with Crippen molar-refractivity contribution >= 4 is 29.0 Å². The third kappa shape index (κ3) is 5.59. The number of nitrogens with zero attached hydrogens (tertiary/aromatic N) is 3. The Balaban J connectivity index is 1.31. The predicted octanol–water partition coefficient (Wildman–Crippen LogP) is 5.07. The first-order chi connectivity index (χ1) is 15.1. The van der Waals surface area contributed by atoms with Crippen LogP contribution in [0.1, 0.15) is 32.6 Å². The molecule has 4 rings (SSSR count). The molecule has 0 bridgehead atoms. The maximum atomic E-state index is 12.7. The van der Waals surface area contributed by atoms with Gasteiger partial charge in [-0.2, -0.15) is 4.98 Å². The molecule has 0 fully saturated rings. The molecule has 0 saturated heterocycles. The Hall–Kier alpha value is -2.97. The van der Waals surface area contributed by atoms with Crippen LogP contribution in [0.2, 0.25) is 0 Å². The Labute approximate surface area is 189 Å². The molecule has 2 heterocycles. The van der Waals surface area contributed by atoms with Crippen molar-refractivity contribution < 1.29 is 9.32 Å². The van der Waals surface area contributed by atoms with E-state index in [0.29, 0.717) is 29.6 Å². The highest BCUT2D eigenvalue weighted by molar-refractivity contribution is 7.98. The van der Waals surface area contributed by atoms with Crippen LogP contribution in [0.15, 0.2) is 63.3 Å². The molecule has 1 N–H and O–H groups in total. The fraction of sp³-hybridized carbons (Fsp3) is 0.217. The van der Waals surface area contributed by atoms with E-state index < -0.39 is 0 Å². The van der Waals surface area contributed by atoms with Gasteiger partial charge in [-0.1, -0.05) is 41.6 Å². The van der Waals surface area contributed by atoms with Gasteiger partial charge in [0.1, 0.15) is 0 Å². The van der Waals surface area contributed by atoms with E-state index in [2.05, 4.69) is 50.1 Å². The second kappa shape index (κ2) is 9.89. The minimum Gasteiger partial charge on any atom is -0.352 e. The van der Waals surface area contributed by atoms with Crippen LogP contribution in [0, 0.1) is 13.8 Å². The standard InChI is InChI=1S/C23H22N4O2S2/c1-15-25-22(27-29-15)14-31-21-6-4-3-5-19(21)23(28)24-12-11-17-7-9-18(10-8-17)20-13-30-16(2)26-20/h3-10,13H,11-12,14H2,1-2H3,(H,24,28). The number of hydrogen-bond donors (Lipinski definition) is 1. The molecule has 0 saturated carbocycles. The lowest BCUT2D eigenvalue weighted by Crippen LogP contribution is -2.26. The highest BCUT2D eigenvalue weighted by Gasteiger charge is 2.12. The van der Waals surface area contributed by atoms with Crippen LogP contribution in [0.5, 0.6) is 0 Å². The third-order valence-electron chi connectivity index (χ3n) is 4.63. The zero-order chi connectivity index (χ0) is 21.6. The minimum atomic E-state index is -0.0815. The van der Waals surface area contributed by atoms with E-state index in [1.54, 1.807) is 18.3 Å². The van der Waals surface area contributed by atoms with Crippen molar-refractivity contribution in [1.82, 2.24) is 20.4 Å². The van der Waals surface area contributed by atoms with Gasteiger partial charge in [0, 0.05) is 29.3 Å². The number of aryl methyl sites for hydroxylation is 2. The number of nitrogens with one attached hydrogen (secondary N) is 1. The maximum Gasteiger partial charge on any atom is 0.252 e. The Morgan fingerprint density at radius 1 is 1.10 bits per heavy atom. The lowest BCUT2D eigenvalue weighted by molar-refractivity contribution is 0.0951. The molecule has 31 heavy (non-hydrogen) atoms. The van der Waals surface area contributed by atoms with E-state index in [9.17, 15) is 4.79 Å². The zero-order valence-corrected chi connectivity index (χ0v) is 18.9. The SMILES string of the molecule is Cc1nc(CSc2ccccc2C(=O)NCCc2ccc(-c3csc(C)n3)cc2)no1. The number of rotatable bonds is 8. The Bertz CT molecular complexity index is 1170. The molecule has 0 aliphatic carbocycles. The van der Waals surface area contributed by atoms with Gasteiger partial charge in [-0.25, -0.2) is 4.98 Å². The monoisotopic (exact) mass is 450 g/mol. The van der Waals surface area contributed by atoms with Gasteiger partial charge in [0.05, 0.1) is 22.0 Å². The number of carbonyl (C=O) groups excluding carboxylic acids is 1. The average molecular weight is 451 g/mol. The van der Waals surface area contributed by atoms with Gasteiger partial charge in [-0.05, 0) is 31.0 Å². The minimum absolute atomic E-state index is 0.0815. The van der Waals surface area contributed by atoms with Crippen LogP contribution in [0.25, 0.3) is 11.3 Å². The quantitative estimate of drug-likeness (QED) is 0.377. The van der Waals surface area contributed by atoms with Crippen LogP contribution in [-0.2, 0) is 12.2 Å². The van der Waals surface area contributed by atoms with E-state index in [1.165, 1.54) is 17.3 Å². The maximum absolute atomic E-state index is 12.7. The zero-order valence-electron chi connectivity index (χ0n) is 17.3. The second-order valence-corrected chi connectivity index (χ2v) is 9.05.